The number of nitro benzene ring substituents is 1. The molecule has 0 saturated heterocycles. The van der Waals surface area contributed by atoms with Crippen LogP contribution in [0, 0.1) is 17.0 Å². The van der Waals surface area contributed by atoms with E-state index in [0.29, 0.717) is 17.2 Å². The van der Waals surface area contributed by atoms with Crippen molar-refractivity contribution in [2.75, 3.05) is 6.61 Å². The van der Waals surface area contributed by atoms with Gasteiger partial charge in [-0.15, -0.1) is 0 Å². The van der Waals surface area contributed by atoms with E-state index in [0.717, 1.165) is 17.5 Å². The van der Waals surface area contributed by atoms with E-state index >= 15 is 0 Å². The average molecular weight is 498 g/mol. The molecule has 0 fully saturated rings. The summed E-state index contributed by atoms with van der Waals surface area (Å²) in [6.07, 6.45) is 0.962. The lowest BCUT2D eigenvalue weighted by Crippen LogP contribution is -2.27. The van der Waals surface area contributed by atoms with Gasteiger partial charge in [-0.2, -0.15) is 8.42 Å². The summed E-state index contributed by atoms with van der Waals surface area (Å²) in [5.41, 5.74) is 1.56. The van der Waals surface area contributed by atoms with Crippen LogP contribution in [-0.4, -0.2) is 19.9 Å². The minimum atomic E-state index is -3.98. The number of benzene rings is 3. The maximum Gasteiger partial charge on any atom is 0.311 e. The summed E-state index contributed by atoms with van der Waals surface area (Å²) in [5.74, 6) is 0.842. The van der Waals surface area contributed by atoms with Crippen LogP contribution in [0.25, 0.3) is 0 Å². The van der Waals surface area contributed by atoms with E-state index in [9.17, 15) is 18.5 Å². The fourth-order valence-corrected chi connectivity index (χ4v) is 4.71. The van der Waals surface area contributed by atoms with E-state index in [-0.39, 0.29) is 22.9 Å². The Balaban J connectivity index is 1.83. The second-order valence-corrected chi connectivity index (χ2v) is 10.9. The molecule has 0 radical (unpaired) electrons. The minimum Gasteiger partial charge on any atom is -0.450 e. The summed E-state index contributed by atoms with van der Waals surface area (Å²) >= 11 is 0. The second kappa shape index (κ2) is 10.6. The van der Waals surface area contributed by atoms with Gasteiger partial charge < -0.3 is 4.74 Å². The molecule has 0 aliphatic carbocycles. The van der Waals surface area contributed by atoms with Gasteiger partial charge in [0.05, 0.1) is 16.4 Å². The van der Waals surface area contributed by atoms with Crippen molar-refractivity contribution in [2.45, 2.75) is 57.3 Å². The molecule has 0 heterocycles. The van der Waals surface area contributed by atoms with Crippen LogP contribution in [0.15, 0.2) is 71.6 Å². The van der Waals surface area contributed by atoms with E-state index in [1.54, 1.807) is 55.5 Å². The van der Waals surface area contributed by atoms with Gasteiger partial charge >= 0.3 is 5.69 Å². The van der Waals surface area contributed by atoms with Gasteiger partial charge in [-0.05, 0) is 54.7 Å². The van der Waals surface area contributed by atoms with Gasteiger partial charge in [-0.3, -0.25) is 14.3 Å². The Morgan fingerprint density at radius 1 is 1.00 bits per heavy atom. The van der Waals surface area contributed by atoms with Gasteiger partial charge in [-0.1, -0.05) is 64.1 Å². The van der Waals surface area contributed by atoms with E-state index in [2.05, 4.69) is 13.8 Å². The Kier molecular flexibility index (Phi) is 7.97. The smallest absolute Gasteiger partial charge is 0.311 e. The number of nitrogens with zero attached hydrogens (tertiary/aromatic N) is 1. The van der Waals surface area contributed by atoms with Crippen LogP contribution >= 0.6 is 0 Å². The molecule has 35 heavy (non-hydrogen) atoms. The number of para-hydroxylation sites is 1. The predicted octanol–water partition coefficient (Wildman–Crippen LogP) is 6.89. The number of hydrogen-bond acceptors (Lipinski definition) is 6. The number of rotatable bonds is 10. The van der Waals surface area contributed by atoms with Crippen molar-refractivity contribution in [3.8, 4) is 11.5 Å². The third kappa shape index (κ3) is 6.26. The molecule has 8 heteroatoms. The number of aryl methyl sites for hydroxylation is 1. The lowest BCUT2D eigenvalue weighted by molar-refractivity contribution is -0.385. The molecule has 0 aliphatic heterocycles. The highest BCUT2D eigenvalue weighted by atomic mass is 32.2. The van der Waals surface area contributed by atoms with E-state index in [1.165, 1.54) is 6.07 Å². The third-order valence-corrected chi connectivity index (χ3v) is 7.35. The first kappa shape index (κ1) is 26.4. The average Bonchev–Trinajstić information content (AvgIpc) is 2.83. The molecule has 0 aromatic heterocycles. The third-order valence-electron chi connectivity index (χ3n) is 6.07. The molecule has 0 aliphatic rings. The lowest BCUT2D eigenvalue weighted by atomic mass is 9.85. The topological polar surface area (TPSA) is 95.7 Å². The van der Waals surface area contributed by atoms with Crippen molar-refractivity contribution in [1.82, 2.24) is 0 Å². The van der Waals surface area contributed by atoms with Crippen LogP contribution in [0.5, 0.6) is 11.5 Å². The Labute approximate surface area is 207 Å². The molecule has 3 aromatic rings. The van der Waals surface area contributed by atoms with Crippen LogP contribution in [0.1, 0.15) is 56.7 Å². The normalized spacial score (nSPS) is 12.8. The molecule has 3 rings (SSSR count). The molecule has 0 bridgehead atoms. The van der Waals surface area contributed by atoms with Crippen LogP contribution < -0.4 is 4.74 Å². The highest BCUT2D eigenvalue weighted by Crippen LogP contribution is 2.38. The molecule has 7 nitrogen and oxygen atoms in total. The molecule has 0 spiro atoms. The zero-order chi connectivity index (χ0) is 25.8. The van der Waals surface area contributed by atoms with Gasteiger partial charge in [0.1, 0.15) is 5.75 Å². The molecule has 3 aromatic carbocycles. The Bertz CT molecular complexity index is 1300. The molecule has 0 saturated carbocycles. The molecule has 0 N–H and O–H groups in total. The highest BCUT2D eigenvalue weighted by molar-refractivity contribution is 7.86. The van der Waals surface area contributed by atoms with E-state index in [1.807, 2.05) is 26.0 Å². The molecule has 186 valence electrons. The van der Waals surface area contributed by atoms with Crippen molar-refractivity contribution >= 4 is 15.8 Å². The Morgan fingerprint density at radius 2 is 1.66 bits per heavy atom. The van der Waals surface area contributed by atoms with Crippen LogP contribution in [0.3, 0.4) is 0 Å². The fraction of sp³-hybridized carbons (Fsp3) is 0.333. The van der Waals surface area contributed by atoms with Gasteiger partial charge in [0.25, 0.3) is 10.1 Å². The van der Waals surface area contributed by atoms with Crippen LogP contribution in [-0.2, 0) is 19.7 Å². The number of nitro groups is 1. The van der Waals surface area contributed by atoms with Crippen LogP contribution in [0.2, 0.25) is 0 Å². The maximum absolute atomic E-state index is 12.9. The minimum absolute atomic E-state index is 0.0974. The SMILES string of the molecule is CCC(C)c1ccc(S(=O)(=O)OCC(C)(C)c2ccccc2Oc2ccc(C)cc2[N+](=O)[O-])cc1. The standard InChI is InChI=1S/C27H31NO6S/c1-6-20(3)21-12-14-22(15-13-21)35(31,32)33-18-27(4,5)23-9-7-8-10-25(23)34-26-16-11-19(2)17-24(26)28(29)30/h7-17,20H,6,18H2,1-5H3. The van der Waals surface area contributed by atoms with E-state index in [4.69, 9.17) is 8.92 Å². The van der Waals surface area contributed by atoms with Crippen molar-refractivity contribution in [3.63, 3.8) is 0 Å². The molecular formula is C27H31NO6S. The summed E-state index contributed by atoms with van der Waals surface area (Å²) in [4.78, 5) is 11.1. The Hall–Kier alpha value is -3.23. The fourth-order valence-electron chi connectivity index (χ4n) is 3.66. The van der Waals surface area contributed by atoms with Gasteiger partial charge in [0, 0.05) is 17.0 Å². The van der Waals surface area contributed by atoms with Gasteiger partial charge in [0.15, 0.2) is 0 Å². The highest BCUT2D eigenvalue weighted by Gasteiger charge is 2.29. The van der Waals surface area contributed by atoms with Crippen molar-refractivity contribution in [2.24, 2.45) is 0 Å². The van der Waals surface area contributed by atoms with Gasteiger partial charge in [-0.25, -0.2) is 0 Å². The number of ether oxygens (including phenoxy) is 1. The van der Waals surface area contributed by atoms with Crippen molar-refractivity contribution in [3.05, 3.63) is 93.5 Å². The lowest BCUT2D eigenvalue weighted by Gasteiger charge is -2.27. The predicted molar refractivity (Wildman–Crippen MR) is 136 cm³/mol. The maximum atomic E-state index is 12.9. The summed E-state index contributed by atoms with van der Waals surface area (Å²) in [6.45, 7) is 9.47. The second-order valence-electron chi connectivity index (χ2n) is 9.31. The quantitative estimate of drug-likeness (QED) is 0.172. The largest absolute Gasteiger partial charge is 0.450 e. The first-order valence-corrected chi connectivity index (χ1v) is 12.9. The molecule has 0 amide bonds. The number of hydrogen-bond donors (Lipinski definition) is 0. The summed E-state index contributed by atoms with van der Waals surface area (Å²) < 4.78 is 37.1. The van der Waals surface area contributed by atoms with Gasteiger partial charge in [0.2, 0.25) is 5.75 Å². The Morgan fingerprint density at radius 3 is 2.29 bits per heavy atom. The first-order chi connectivity index (χ1) is 16.4. The zero-order valence-corrected chi connectivity index (χ0v) is 21.5. The molecule has 1 atom stereocenters. The summed E-state index contributed by atoms with van der Waals surface area (Å²) in [6, 6.07) is 18.6. The molecular weight excluding hydrogens is 466 g/mol. The van der Waals surface area contributed by atoms with Crippen LogP contribution in [0.4, 0.5) is 5.69 Å². The molecule has 1 unspecified atom stereocenters. The van der Waals surface area contributed by atoms with Crippen molar-refractivity contribution < 1.29 is 22.3 Å². The summed E-state index contributed by atoms with van der Waals surface area (Å²) in [7, 11) is -3.98. The first-order valence-electron chi connectivity index (χ1n) is 11.5. The monoisotopic (exact) mass is 497 g/mol. The zero-order valence-electron chi connectivity index (χ0n) is 20.6. The summed E-state index contributed by atoms with van der Waals surface area (Å²) in [5, 5.41) is 11.5. The van der Waals surface area contributed by atoms with E-state index < -0.39 is 20.5 Å². The van der Waals surface area contributed by atoms with Crippen molar-refractivity contribution in [1.29, 1.82) is 0 Å².